The third-order valence-corrected chi connectivity index (χ3v) is 23.0. The third kappa shape index (κ3) is 37.5. The summed E-state index contributed by atoms with van der Waals surface area (Å²) < 4.78 is 15.4. The topological polar surface area (TPSA) is 52.6 Å². The molecule has 0 bridgehead atoms. The van der Waals surface area contributed by atoms with Gasteiger partial charge < -0.3 is 0 Å². The maximum atomic E-state index is 14.4. The van der Waals surface area contributed by atoms with Gasteiger partial charge in [-0.3, -0.25) is 0 Å². The number of hydrogen-bond donors (Lipinski definition) is 2. The van der Waals surface area contributed by atoms with E-state index in [1.165, 1.54) is 193 Å². The van der Waals surface area contributed by atoms with E-state index in [-0.39, 0.29) is 23.8 Å². The number of rotatable bonds is 48. The summed E-state index contributed by atoms with van der Waals surface area (Å²) in [6.45, 7) is 9.11. The molecule has 0 aromatic carbocycles. The first-order chi connectivity index (χ1) is 28.9. The average molecular weight is 976 g/mol. The van der Waals surface area contributed by atoms with Gasteiger partial charge in [-0.15, -0.1) is 0 Å². The van der Waals surface area contributed by atoms with E-state index in [4.69, 9.17) is 6.15 Å². The zero-order valence-corrected chi connectivity index (χ0v) is 44.9. The molecule has 0 aliphatic heterocycles. The predicted molar refractivity (Wildman–Crippen MR) is 270 cm³/mol. The summed E-state index contributed by atoms with van der Waals surface area (Å²) in [7, 11) is 0. The van der Waals surface area contributed by atoms with Gasteiger partial charge in [-0.1, -0.05) is 13.8 Å². The van der Waals surface area contributed by atoms with Crippen LogP contribution in [0.3, 0.4) is 0 Å². The van der Waals surface area contributed by atoms with Crippen LogP contribution in [0.25, 0.3) is 0 Å². The predicted octanol–water partition coefficient (Wildman–Crippen LogP) is 18.3. The van der Waals surface area contributed by atoms with Crippen LogP contribution in [0.2, 0.25) is 8.87 Å². The molecule has 0 aliphatic carbocycles. The first kappa shape index (κ1) is 59.4. The van der Waals surface area contributed by atoms with E-state index in [1.54, 1.807) is 0 Å². The summed E-state index contributed by atoms with van der Waals surface area (Å²) in [5.41, 5.74) is 0. The minimum Gasteiger partial charge on any atom is -0.0654 e. The Hall–Kier alpha value is 0.439. The summed E-state index contributed by atoms with van der Waals surface area (Å²) in [5.74, 6) is 0.927. The molecule has 0 rings (SSSR count). The van der Waals surface area contributed by atoms with E-state index < -0.39 is 19.2 Å². The molecule has 4 nitrogen and oxygen atoms in total. The van der Waals surface area contributed by atoms with Gasteiger partial charge in [0.25, 0.3) is 0 Å². The van der Waals surface area contributed by atoms with Crippen LogP contribution in [0.4, 0.5) is 0 Å². The molecule has 59 heavy (non-hydrogen) atoms. The molecule has 0 N–H and O–H groups in total. The summed E-state index contributed by atoms with van der Waals surface area (Å²) in [5, 5.41) is 0. The number of thiol groups is 2. The summed E-state index contributed by atoms with van der Waals surface area (Å²) in [6.07, 6.45) is 48.6. The first-order valence-electron chi connectivity index (χ1n) is 26.6. The molecule has 0 saturated carbocycles. The first-order valence-corrected chi connectivity index (χ1v) is 34.2. The van der Waals surface area contributed by atoms with Crippen molar-refractivity contribution in [1.29, 1.82) is 0 Å². The van der Waals surface area contributed by atoms with Crippen LogP contribution in [0.1, 0.15) is 285 Å². The fraction of sp³-hybridized carbons (Fsp3) is 0.962. The zero-order valence-electron chi connectivity index (χ0n) is 40.3. The molecule has 0 fully saturated rings. The fourth-order valence-corrected chi connectivity index (χ4v) is 18.9. The molecular formula is C52H104O4S2Sn. The second kappa shape index (κ2) is 46.4. The Morgan fingerprint density at radius 1 is 0.339 bits per heavy atom. The van der Waals surface area contributed by atoms with Crippen LogP contribution in [0.5, 0.6) is 0 Å². The van der Waals surface area contributed by atoms with Gasteiger partial charge in [-0.25, -0.2) is 0 Å². The summed E-state index contributed by atoms with van der Waals surface area (Å²) >= 11 is 5.01. The van der Waals surface area contributed by atoms with E-state index in [0.717, 1.165) is 73.1 Å². The third-order valence-electron chi connectivity index (χ3n) is 12.8. The molecule has 0 amide bonds. The van der Waals surface area contributed by atoms with E-state index in [2.05, 4.69) is 53.0 Å². The molecule has 2 atom stereocenters. The quantitative estimate of drug-likeness (QED) is 0.0362. The van der Waals surface area contributed by atoms with E-state index in [0.29, 0.717) is 11.5 Å². The zero-order chi connectivity index (χ0) is 43.3. The van der Waals surface area contributed by atoms with Crippen LogP contribution < -0.4 is 0 Å². The van der Waals surface area contributed by atoms with Crippen molar-refractivity contribution in [3.8, 4) is 0 Å². The van der Waals surface area contributed by atoms with Crippen molar-refractivity contribution in [1.82, 2.24) is 0 Å². The Morgan fingerprint density at radius 2 is 0.559 bits per heavy atom. The molecule has 0 heterocycles. The smallest absolute Gasteiger partial charge is 0.0654 e. The average Bonchev–Trinajstić information content (AvgIpc) is 3.23. The monoisotopic (exact) mass is 977 g/mol. The molecule has 7 heteroatoms. The van der Waals surface area contributed by atoms with Crippen molar-refractivity contribution >= 4 is 56.4 Å². The van der Waals surface area contributed by atoms with Gasteiger partial charge in [0, 0.05) is 0 Å². The molecule has 0 aromatic rings. The van der Waals surface area contributed by atoms with Gasteiger partial charge >= 0.3 is 375 Å². The molecule has 0 saturated heterocycles. The second-order valence-corrected chi connectivity index (χ2v) is 28.7. The number of carbonyl (C=O) groups is 2. The normalized spacial score (nSPS) is 12.8. The van der Waals surface area contributed by atoms with Crippen molar-refractivity contribution in [2.75, 3.05) is 11.5 Å². The Balaban J connectivity index is 5.93. The van der Waals surface area contributed by atoms with Crippen LogP contribution in [-0.2, 0) is 15.7 Å². The van der Waals surface area contributed by atoms with Crippen molar-refractivity contribution in [3.63, 3.8) is 0 Å². The van der Waals surface area contributed by atoms with E-state index in [9.17, 15) is 9.59 Å². The van der Waals surface area contributed by atoms with Crippen LogP contribution in [0, 0.1) is 11.8 Å². The number of carbonyl (C=O) groups excluding carboxylic acids is 2. The molecule has 0 spiro atoms. The van der Waals surface area contributed by atoms with Crippen molar-refractivity contribution in [2.24, 2.45) is 11.8 Å². The van der Waals surface area contributed by atoms with Crippen LogP contribution in [0.15, 0.2) is 0 Å². The molecule has 0 aromatic heterocycles. The van der Waals surface area contributed by atoms with Gasteiger partial charge in [0.2, 0.25) is 0 Å². The minimum atomic E-state index is -4.20. The minimum absolute atomic E-state index is 0.0708. The Morgan fingerprint density at radius 3 is 0.797 bits per heavy atom. The van der Waals surface area contributed by atoms with Crippen molar-refractivity contribution in [3.05, 3.63) is 0 Å². The summed E-state index contributed by atoms with van der Waals surface area (Å²) in [4.78, 5) is 28.7. The standard InChI is InChI=1S/2C14H28O2S.2C12H25.Sn/c2*1-2-3-4-5-6-7-8-9-10-13(11-12-17)14(15)16;2*1-3-5-7-9-11-12-10-8-6-4-2;/h2*13,17H,2-12H2,1H3,(H,15,16);2*1,3-12H2,2H3;/q;;;;+2/p-2. The molecule has 0 radical (unpaired) electrons. The van der Waals surface area contributed by atoms with Gasteiger partial charge in [0.1, 0.15) is 0 Å². The Bertz CT molecular complexity index is 819. The van der Waals surface area contributed by atoms with Crippen LogP contribution in [-0.4, -0.2) is 42.6 Å². The number of unbranched alkanes of at least 4 members (excludes halogenated alkanes) is 32. The van der Waals surface area contributed by atoms with Gasteiger partial charge in [-0.05, 0) is 0 Å². The van der Waals surface area contributed by atoms with Gasteiger partial charge in [-0.2, -0.15) is 0 Å². The van der Waals surface area contributed by atoms with Crippen molar-refractivity contribution < 1.29 is 15.7 Å². The Kier molecular flexibility index (Phi) is 46.8. The molecule has 352 valence electrons. The molecule has 2 unspecified atom stereocenters. The van der Waals surface area contributed by atoms with Crippen LogP contribution >= 0.6 is 25.3 Å². The van der Waals surface area contributed by atoms with Gasteiger partial charge in [0.15, 0.2) is 0 Å². The number of hydrogen-bond acceptors (Lipinski definition) is 6. The van der Waals surface area contributed by atoms with Crippen molar-refractivity contribution in [2.45, 2.75) is 293 Å². The van der Waals surface area contributed by atoms with Gasteiger partial charge in [0.05, 0.1) is 0 Å². The Labute approximate surface area is 386 Å². The SMILES string of the molecule is CCCCCCCCCCC[CH2][Sn]([CH2]CCCCCCCCCCC)([O]C(=O)C(CCS)CCCCCCCCCC)[O]C(=O)C(CCS)CCCCCCCCCC. The van der Waals surface area contributed by atoms with E-state index >= 15 is 0 Å². The molecular weight excluding hydrogens is 871 g/mol. The molecule has 0 aliphatic rings. The summed E-state index contributed by atoms with van der Waals surface area (Å²) in [6, 6.07) is 0. The fourth-order valence-electron chi connectivity index (χ4n) is 8.77. The second-order valence-electron chi connectivity index (χ2n) is 18.6. The maximum absolute atomic E-state index is 14.4. The van der Waals surface area contributed by atoms with E-state index in [1.807, 2.05) is 0 Å².